The van der Waals surface area contributed by atoms with Crippen molar-refractivity contribution < 1.29 is 33.7 Å². The molecule has 3 heterocycles. The van der Waals surface area contributed by atoms with Crippen molar-refractivity contribution in [1.82, 2.24) is 4.90 Å². The number of hydrogen-bond acceptors (Lipinski definition) is 7. The molecule has 0 saturated carbocycles. The van der Waals surface area contributed by atoms with Crippen LogP contribution in [0.1, 0.15) is 26.7 Å². The van der Waals surface area contributed by atoms with E-state index in [1.54, 1.807) is 56.2 Å². The topological polar surface area (TPSA) is 106 Å². The van der Waals surface area contributed by atoms with Gasteiger partial charge in [-0.15, -0.1) is 6.58 Å². The molecule has 2 bridgehead atoms. The first-order chi connectivity index (χ1) is 16.3. The molecule has 1 aromatic rings. The number of nitrogens with zero attached hydrogens (tertiary/aromatic N) is 2. The lowest BCUT2D eigenvalue weighted by Crippen LogP contribution is -2.58. The summed E-state index contributed by atoms with van der Waals surface area (Å²) < 4.78 is 16.9. The van der Waals surface area contributed by atoms with Gasteiger partial charge in [-0.25, -0.2) is 0 Å². The SMILES string of the molecule is C=CCN(C(=O)[C@@H]1N([C@H](C)CO)C(=O)[C@H]2[C@H](C(=O)OCC)[C@@H]3CC[C@]12O3)c1ccc(OC)cc1. The van der Waals surface area contributed by atoms with Crippen molar-refractivity contribution in [1.29, 1.82) is 0 Å². The first-order valence-corrected chi connectivity index (χ1v) is 11.7. The summed E-state index contributed by atoms with van der Waals surface area (Å²) in [6, 6.07) is 5.41. The molecule has 184 valence electrons. The molecule has 2 amide bonds. The van der Waals surface area contributed by atoms with Crippen LogP contribution in [0.15, 0.2) is 36.9 Å². The van der Waals surface area contributed by atoms with Crippen molar-refractivity contribution in [2.24, 2.45) is 11.8 Å². The minimum atomic E-state index is -1.15. The van der Waals surface area contributed by atoms with Gasteiger partial charge in [-0.1, -0.05) is 6.08 Å². The number of rotatable bonds is 9. The predicted octanol–water partition coefficient (Wildman–Crippen LogP) is 1.53. The van der Waals surface area contributed by atoms with E-state index in [0.717, 1.165) is 0 Å². The zero-order valence-corrected chi connectivity index (χ0v) is 19.8. The lowest BCUT2D eigenvalue weighted by Gasteiger charge is -2.38. The fourth-order valence-electron chi connectivity index (χ4n) is 5.80. The normalized spacial score (nSPS) is 30.1. The molecule has 0 unspecified atom stereocenters. The molecule has 1 aromatic carbocycles. The Hall–Kier alpha value is -2.91. The number of anilines is 1. The number of methoxy groups -OCH3 is 1. The second-order valence-electron chi connectivity index (χ2n) is 9.02. The molecule has 0 aliphatic carbocycles. The highest BCUT2D eigenvalue weighted by molar-refractivity contribution is 6.04. The summed E-state index contributed by atoms with van der Waals surface area (Å²) in [5.41, 5.74) is -0.532. The molecule has 3 fully saturated rings. The molecule has 3 aliphatic heterocycles. The highest BCUT2D eigenvalue weighted by Gasteiger charge is 2.75. The highest BCUT2D eigenvalue weighted by atomic mass is 16.6. The number of fused-ring (bicyclic) bond motifs is 1. The van der Waals surface area contributed by atoms with Crippen molar-refractivity contribution in [3.05, 3.63) is 36.9 Å². The average molecular weight is 473 g/mol. The maximum absolute atomic E-state index is 14.2. The maximum Gasteiger partial charge on any atom is 0.312 e. The molecular formula is C25H32N2O7. The fourth-order valence-corrected chi connectivity index (χ4v) is 5.80. The van der Waals surface area contributed by atoms with Crippen LogP contribution in [0.3, 0.4) is 0 Å². The zero-order valence-electron chi connectivity index (χ0n) is 19.8. The fraction of sp³-hybridized carbons (Fsp3) is 0.560. The van der Waals surface area contributed by atoms with Crippen molar-refractivity contribution in [2.75, 3.05) is 31.8 Å². The minimum Gasteiger partial charge on any atom is -0.497 e. The number of likely N-dealkylation sites (tertiary alicyclic amines) is 1. The third-order valence-corrected chi connectivity index (χ3v) is 7.23. The molecule has 1 spiro atoms. The molecule has 34 heavy (non-hydrogen) atoms. The number of ether oxygens (including phenoxy) is 3. The van der Waals surface area contributed by atoms with Gasteiger partial charge in [0.2, 0.25) is 5.91 Å². The highest BCUT2D eigenvalue weighted by Crippen LogP contribution is 2.59. The van der Waals surface area contributed by atoms with Crippen molar-refractivity contribution in [3.63, 3.8) is 0 Å². The second kappa shape index (κ2) is 9.38. The monoisotopic (exact) mass is 472 g/mol. The Bertz CT molecular complexity index is 965. The van der Waals surface area contributed by atoms with Crippen LogP contribution in [-0.2, 0) is 23.9 Å². The van der Waals surface area contributed by atoms with Crippen LogP contribution in [0.25, 0.3) is 0 Å². The predicted molar refractivity (Wildman–Crippen MR) is 123 cm³/mol. The van der Waals surface area contributed by atoms with Gasteiger partial charge in [0.25, 0.3) is 5.91 Å². The van der Waals surface area contributed by atoms with Crippen molar-refractivity contribution >= 4 is 23.5 Å². The molecule has 9 nitrogen and oxygen atoms in total. The van der Waals surface area contributed by atoms with E-state index in [1.807, 2.05) is 0 Å². The van der Waals surface area contributed by atoms with Crippen molar-refractivity contribution in [2.45, 2.75) is 50.5 Å². The van der Waals surface area contributed by atoms with E-state index in [1.165, 1.54) is 4.90 Å². The second-order valence-corrected chi connectivity index (χ2v) is 9.02. The molecule has 0 radical (unpaired) electrons. The standard InChI is InChI=1S/C25H32N2O7/c1-5-13-26(16-7-9-17(32-4)10-8-16)23(30)21-25-12-11-18(34-25)19(24(31)33-6-2)20(25)22(29)27(21)15(3)14-28/h5,7-10,15,18-21,28H,1,6,11-14H2,2-4H3/t15-,18+,19-,20-,21+,25-/m1/s1. The van der Waals surface area contributed by atoms with E-state index in [0.29, 0.717) is 24.3 Å². The van der Waals surface area contributed by atoms with E-state index in [-0.39, 0.29) is 31.6 Å². The van der Waals surface area contributed by atoms with Gasteiger partial charge in [-0.05, 0) is 51.0 Å². The minimum absolute atomic E-state index is 0.194. The summed E-state index contributed by atoms with van der Waals surface area (Å²) in [4.78, 5) is 43.7. The summed E-state index contributed by atoms with van der Waals surface area (Å²) in [6.45, 7) is 7.27. The number of benzene rings is 1. The summed E-state index contributed by atoms with van der Waals surface area (Å²) in [6.07, 6.45) is 2.17. The lowest BCUT2D eigenvalue weighted by molar-refractivity contribution is -0.155. The van der Waals surface area contributed by atoms with Crippen LogP contribution in [0.4, 0.5) is 5.69 Å². The largest absolute Gasteiger partial charge is 0.497 e. The van der Waals surface area contributed by atoms with Gasteiger partial charge in [0.1, 0.15) is 17.4 Å². The number of carbonyl (C=O) groups is 3. The third kappa shape index (κ3) is 3.58. The van der Waals surface area contributed by atoms with Gasteiger partial charge in [0.15, 0.2) is 0 Å². The average Bonchev–Trinajstić information content (AvgIpc) is 3.49. The van der Waals surface area contributed by atoms with E-state index in [4.69, 9.17) is 14.2 Å². The van der Waals surface area contributed by atoms with Crippen LogP contribution in [0.2, 0.25) is 0 Å². The quantitative estimate of drug-likeness (QED) is 0.429. The Morgan fingerprint density at radius 3 is 2.68 bits per heavy atom. The number of aliphatic hydroxyl groups is 1. The summed E-state index contributed by atoms with van der Waals surface area (Å²) in [5, 5.41) is 9.94. The number of amides is 2. The van der Waals surface area contributed by atoms with Crippen LogP contribution in [0.5, 0.6) is 5.75 Å². The number of carbonyl (C=O) groups excluding carboxylic acids is 3. The van der Waals surface area contributed by atoms with Crippen LogP contribution >= 0.6 is 0 Å². The molecule has 6 atom stereocenters. The van der Waals surface area contributed by atoms with E-state index >= 15 is 0 Å². The molecule has 9 heteroatoms. The lowest BCUT2D eigenvalue weighted by atomic mass is 9.70. The van der Waals surface area contributed by atoms with Gasteiger partial charge < -0.3 is 29.1 Å². The van der Waals surface area contributed by atoms with Gasteiger partial charge >= 0.3 is 5.97 Å². The van der Waals surface area contributed by atoms with E-state index < -0.39 is 41.6 Å². The Balaban J connectivity index is 1.77. The Labute approximate surface area is 199 Å². The van der Waals surface area contributed by atoms with Crippen LogP contribution in [0, 0.1) is 11.8 Å². The van der Waals surface area contributed by atoms with E-state index in [2.05, 4.69) is 6.58 Å². The van der Waals surface area contributed by atoms with Gasteiger partial charge in [0.05, 0.1) is 44.3 Å². The van der Waals surface area contributed by atoms with Crippen LogP contribution in [-0.4, -0.2) is 78.4 Å². The summed E-state index contributed by atoms with van der Waals surface area (Å²) in [7, 11) is 1.56. The number of hydrogen-bond donors (Lipinski definition) is 1. The maximum atomic E-state index is 14.2. The van der Waals surface area contributed by atoms with Gasteiger partial charge in [0, 0.05) is 12.2 Å². The van der Waals surface area contributed by atoms with Gasteiger partial charge in [-0.3, -0.25) is 14.4 Å². The smallest absolute Gasteiger partial charge is 0.312 e. The summed E-state index contributed by atoms with van der Waals surface area (Å²) >= 11 is 0. The zero-order chi connectivity index (χ0) is 24.6. The molecular weight excluding hydrogens is 440 g/mol. The van der Waals surface area contributed by atoms with Gasteiger partial charge in [-0.2, -0.15) is 0 Å². The summed E-state index contributed by atoms with van der Waals surface area (Å²) in [5.74, 6) is -2.11. The van der Waals surface area contributed by atoms with Crippen molar-refractivity contribution in [3.8, 4) is 5.75 Å². The molecule has 3 saturated heterocycles. The molecule has 1 N–H and O–H groups in total. The number of aliphatic hydroxyl groups excluding tert-OH is 1. The Morgan fingerprint density at radius 2 is 2.09 bits per heavy atom. The molecule has 3 aliphatic rings. The Kier molecular flexibility index (Phi) is 6.69. The molecule has 0 aromatic heterocycles. The van der Waals surface area contributed by atoms with Crippen LogP contribution < -0.4 is 9.64 Å². The third-order valence-electron chi connectivity index (χ3n) is 7.23. The Morgan fingerprint density at radius 1 is 1.38 bits per heavy atom. The van der Waals surface area contributed by atoms with E-state index in [9.17, 15) is 19.5 Å². The molecule has 4 rings (SSSR count). The first-order valence-electron chi connectivity index (χ1n) is 11.7. The first kappa shape index (κ1) is 24.2. The number of esters is 1.